The molecule has 2 heterocycles. The summed E-state index contributed by atoms with van der Waals surface area (Å²) in [4.78, 5) is 4.43. The van der Waals surface area contributed by atoms with Crippen molar-refractivity contribution in [2.45, 2.75) is 50.7 Å². The second-order valence-electron chi connectivity index (χ2n) is 5.64. The third-order valence-corrected chi connectivity index (χ3v) is 4.01. The molecule has 2 aromatic heterocycles. The van der Waals surface area contributed by atoms with Gasteiger partial charge in [-0.05, 0) is 37.7 Å². The minimum Gasteiger partial charge on any atom is -0.388 e. The molecule has 2 aliphatic carbocycles. The van der Waals surface area contributed by atoms with Gasteiger partial charge >= 0.3 is 0 Å². The summed E-state index contributed by atoms with van der Waals surface area (Å²) in [5.41, 5.74) is 2.32. The average Bonchev–Trinajstić information content (AvgIpc) is 3.00. The third kappa shape index (κ3) is 2.08. The van der Waals surface area contributed by atoms with Crippen molar-refractivity contribution in [2.75, 3.05) is 0 Å². The molecule has 0 radical (unpaired) electrons. The van der Waals surface area contributed by atoms with Crippen molar-refractivity contribution in [3.8, 4) is 0 Å². The molecule has 2 aliphatic rings. The molecule has 1 N–H and O–H groups in total. The van der Waals surface area contributed by atoms with Crippen molar-refractivity contribution in [3.05, 3.63) is 35.2 Å². The summed E-state index contributed by atoms with van der Waals surface area (Å²) < 4.78 is 7.32. The minimum absolute atomic E-state index is 0.308. The van der Waals surface area contributed by atoms with E-state index in [0.717, 1.165) is 36.5 Å². The monoisotopic (exact) mass is 259 g/mol. The Kier molecular flexibility index (Phi) is 2.48. The van der Waals surface area contributed by atoms with E-state index in [-0.39, 0.29) is 6.10 Å². The minimum atomic E-state index is -0.308. The third-order valence-electron chi connectivity index (χ3n) is 4.01. The second kappa shape index (κ2) is 4.20. The second-order valence-corrected chi connectivity index (χ2v) is 5.64. The molecule has 0 aromatic carbocycles. The van der Waals surface area contributed by atoms with Gasteiger partial charge in [-0.2, -0.15) is 4.98 Å². The fourth-order valence-electron chi connectivity index (χ4n) is 2.81. The molecule has 2 aromatic rings. The van der Waals surface area contributed by atoms with E-state index in [0.29, 0.717) is 12.5 Å². The van der Waals surface area contributed by atoms with Gasteiger partial charge in [0, 0.05) is 23.9 Å². The van der Waals surface area contributed by atoms with Gasteiger partial charge in [-0.3, -0.25) is 0 Å². The van der Waals surface area contributed by atoms with Crippen LogP contribution >= 0.6 is 0 Å². The highest BCUT2D eigenvalue weighted by Crippen LogP contribution is 2.38. The van der Waals surface area contributed by atoms with Crippen LogP contribution in [-0.2, 0) is 13.0 Å². The molecule has 0 bridgehead atoms. The number of aliphatic hydroxyl groups is 1. The van der Waals surface area contributed by atoms with Gasteiger partial charge in [0.15, 0.2) is 5.82 Å². The summed E-state index contributed by atoms with van der Waals surface area (Å²) >= 11 is 0. The zero-order chi connectivity index (χ0) is 12.8. The predicted molar refractivity (Wildman–Crippen MR) is 67.7 cm³/mol. The molecule has 1 fully saturated rings. The van der Waals surface area contributed by atoms with E-state index in [1.54, 1.807) is 0 Å². The zero-order valence-electron chi connectivity index (χ0n) is 10.7. The Balaban J connectivity index is 1.55. The molecule has 0 saturated heterocycles. The van der Waals surface area contributed by atoms with Crippen LogP contribution in [0.4, 0.5) is 0 Å². The lowest BCUT2D eigenvalue weighted by Crippen LogP contribution is -2.05. The fourth-order valence-corrected chi connectivity index (χ4v) is 2.81. The first-order chi connectivity index (χ1) is 9.29. The van der Waals surface area contributed by atoms with Crippen molar-refractivity contribution >= 4 is 0 Å². The van der Waals surface area contributed by atoms with Gasteiger partial charge in [0.25, 0.3) is 0 Å². The molecule has 100 valence electrons. The van der Waals surface area contributed by atoms with E-state index in [1.165, 1.54) is 18.4 Å². The van der Waals surface area contributed by atoms with Crippen LogP contribution in [0.1, 0.15) is 60.5 Å². The lowest BCUT2D eigenvalue weighted by Gasteiger charge is -2.16. The van der Waals surface area contributed by atoms with Crippen LogP contribution in [0.15, 0.2) is 16.9 Å². The fraction of sp³-hybridized carbons (Fsp3) is 0.571. The van der Waals surface area contributed by atoms with Crippen LogP contribution in [0.25, 0.3) is 0 Å². The van der Waals surface area contributed by atoms with Gasteiger partial charge in [0.05, 0.1) is 12.6 Å². The van der Waals surface area contributed by atoms with Gasteiger partial charge in [-0.25, -0.2) is 0 Å². The molecule has 19 heavy (non-hydrogen) atoms. The van der Waals surface area contributed by atoms with E-state index >= 15 is 0 Å². The standard InChI is InChI=1S/C14H17N3O2/c18-12-3-1-2-10-6-17(7-11(10)12)8-13-15-14(19-16-13)9-4-5-9/h6-7,9,12,18H,1-5,8H2. The molecular formula is C14H17N3O2. The number of aromatic nitrogens is 3. The Morgan fingerprint density at radius 2 is 2.21 bits per heavy atom. The molecule has 0 spiro atoms. The molecule has 0 amide bonds. The smallest absolute Gasteiger partial charge is 0.229 e. The number of rotatable bonds is 3. The highest BCUT2D eigenvalue weighted by molar-refractivity contribution is 5.29. The van der Waals surface area contributed by atoms with Crippen LogP contribution in [0.5, 0.6) is 0 Å². The molecular weight excluding hydrogens is 242 g/mol. The molecule has 0 aliphatic heterocycles. The summed E-state index contributed by atoms with van der Waals surface area (Å²) in [6.45, 7) is 0.621. The van der Waals surface area contributed by atoms with Gasteiger partial charge in [-0.1, -0.05) is 5.16 Å². The number of aryl methyl sites for hydroxylation is 1. The molecule has 1 unspecified atom stereocenters. The Hall–Kier alpha value is -1.62. The highest BCUT2D eigenvalue weighted by atomic mass is 16.5. The van der Waals surface area contributed by atoms with Crippen LogP contribution < -0.4 is 0 Å². The zero-order valence-corrected chi connectivity index (χ0v) is 10.7. The first-order valence-electron chi connectivity index (χ1n) is 6.98. The van der Waals surface area contributed by atoms with E-state index < -0.39 is 0 Å². The van der Waals surface area contributed by atoms with Crippen LogP contribution in [-0.4, -0.2) is 19.8 Å². The summed E-state index contributed by atoms with van der Waals surface area (Å²) in [5, 5.41) is 14.0. The maximum atomic E-state index is 9.96. The Labute approximate surface area is 111 Å². The number of hydrogen-bond acceptors (Lipinski definition) is 4. The first-order valence-corrected chi connectivity index (χ1v) is 6.98. The van der Waals surface area contributed by atoms with Crippen LogP contribution in [0.2, 0.25) is 0 Å². The quantitative estimate of drug-likeness (QED) is 0.917. The lowest BCUT2D eigenvalue weighted by atomic mass is 9.93. The number of aliphatic hydroxyl groups excluding tert-OH is 1. The number of hydrogen-bond donors (Lipinski definition) is 1. The van der Waals surface area contributed by atoms with Crippen molar-refractivity contribution in [2.24, 2.45) is 0 Å². The van der Waals surface area contributed by atoms with E-state index in [4.69, 9.17) is 4.52 Å². The lowest BCUT2D eigenvalue weighted by molar-refractivity contribution is 0.157. The van der Waals surface area contributed by atoms with E-state index in [9.17, 15) is 5.11 Å². The summed E-state index contributed by atoms with van der Waals surface area (Å²) in [7, 11) is 0. The van der Waals surface area contributed by atoms with Crippen molar-refractivity contribution < 1.29 is 9.63 Å². The largest absolute Gasteiger partial charge is 0.388 e. The summed E-state index contributed by atoms with van der Waals surface area (Å²) in [5.74, 6) is 2.01. The maximum absolute atomic E-state index is 9.96. The molecule has 5 heteroatoms. The van der Waals surface area contributed by atoms with Crippen molar-refractivity contribution in [1.29, 1.82) is 0 Å². The Morgan fingerprint density at radius 3 is 3.00 bits per heavy atom. The van der Waals surface area contributed by atoms with E-state index in [1.807, 2.05) is 6.20 Å². The van der Waals surface area contributed by atoms with Crippen molar-refractivity contribution in [1.82, 2.24) is 14.7 Å². The SMILES string of the molecule is OC1CCCc2cn(Cc3noc(C4CC4)n3)cc21. The van der Waals surface area contributed by atoms with Gasteiger partial charge in [0.1, 0.15) is 0 Å². The maximum Gasteiger partial charge on any atom is 0.229 e. The summed E-state index contributed by atoms with van der Waals surface area (Å²) in [6.07, 6.45) is 9.14. The van der Waals surface area contributed by atoms with Gasteiger partial charge in [0.2, 0.25) is 5.89 Å². The molecule has 1 saturated carbocycles. The Bertz CT molecular complexity index is 598. The van der Waals surface area contributed by atoms with E-state index in [2.05, 4.69) is 20.9 Å². The molecule has 4 rings (SSSR count). The normalized spacial score (nSPS) is 22.5. The summed E-state index contributed by atoms with van der Waals surface area (Å²) in [6, 6.07) is 0. The number of fused-ring (bicyclic) bond motifs is 1. The van der Waals surface area contributed by atoms with Crippen LogP contribution in [0, 0.1) is 0 Å². The van der Waals surface area contributed by atoms with Crippen molar-refractivity contribution in [3.63, 3.8) is 0 Å². The topological polar surface area (TPSA) is 64.1 Å². The molecule has 5 nitrogen and oxygen atoms in total. The van der Waals surface area contributed by atoms with Gasteiger partial charge in [-0.15, -0.1) is 0 Å². The molecule has 1 atom stereocenters. The predicted octanol–water partition coefficient (Wildman–Crippen LogP) is 2.17. The highest BCUT2D eigenvalue weighted by Gasteiger charge is 2.29. The first kappa shape index (κ1) is 11.2. The number of nitrogens with zero attached hydrogens (tertiary/aromatic N) is 3. The average molecular weight is 259 g/mol. The Morgan fingerprint density at radius 1 is 1.32 bits per heavy atom. The van der Waals surface area contributed by atoms with Crippen LogP contribution in [0.3, 0.4) is 0 Å². The van der Waals surface area contributed by atoms with Gasteiger partial charge < -0.3 is 14.2 Å².